The molecule has 0 atom stereocenters. The largest absolute Gasteiger partial charge is 0.497 e. The number of methoxy groups -OCH3 is 4. The smallest absolute Gasteiger partial charge is 0.248 e. The summed E-state index contributed by atoms with van der Waals surface area (Å²) in [7, 11) is 6.28. The van der Waals surface area contributed by atoms with Crippen molar-refractivity contribution in [2.75, 3.05) is 39.5 Å². The summed E-state index contributed by atoms with van der Waals surface area (Å²) in [6.45, 7) is 0. The Hall–Kier alpha value is -4.39. The van der Waals surface area contributed by atoms with Gasteiger partial charge < -0.3 is 30.0 Å². The van der Waals surface area contributed by atoms with Gasteiger partial charge in [-0.3, -0.25) is 4.79 Å². The van der Waals surface area contributed by atoms with Crippen LogP contribution in [-0.2, 0) is 4.79 Å². The zero-order valence-corrected chi connectivity index (χ0v) is 19.6. The second-order valence-electron chi connectivity index (χ2n) is 7.24. The molecule has 3 rings (SSSR count). The highest BCUT2D eigenvalue weighted by Gasteiger charge is 2.12. The van der Waals surface area contributed by atoms with Crippen LogP contribution in [0, 0.1) is 0 Å². The van der Waals surface area contributed by atoms with Crippen LogP contribution in [0.5, 0.6) is 23.0 Å². The summed E-state index contributed by atoms with van der Waals surface area (Å²) < 4.78 is 21.6. The molecule has 7 nitrogen and oxygen atoms in total. The number of hydrogen-bond acceptors (Lipinski definition) is 6. The lowest BCUT2D eigenvalue weighted by Crippen LogP contribution is -2.09. The Morgan fingerprint density at radius 2 is 1.53 bits per heavy atom. The summed E-state index contributed by atoms with van der Waals surface area (Å²) in [4.78, 5) is 12.6. The van der Waals surface area contributed by atoms with Gasteiger partial charge in [-0.2, -0.15) is 0 Å². The standard InChI is InChI=1S/C27H28N2O5/c1-31-22-11-12-23(29-26(30)13-9-18-6-5-7-21(28)14-18)20(17-22)10-8-19-15-24(32-2)27(34-4)25(16-19)33-3/h5-17H,28H2,1-4H3,(H,29,30)/b10-8+,13-9+. The predicted octanol–water partition coefficient (Wildman–Crippen LogP) is 5.13. The predicted molar refractivity (Wildman–Crippen MR) is 137 cm³/mol. The molecule has 0 saturated heterocycles. The van der Waals surface area contributed by atoms with Gasteiger partial charge in [0.2, 0.25) is 11.7 Å². The van der Waals surface area contributed by atoms with Crippen LogP contribution in [0.1, 0.15) is 16.7 Å². The van der Waals surface area contributed by atoms with Gasteiger partial charge in [-0.1, -0.05) is 24.3 Å². The van der Waals surface area contributed by atoms with E-state index in [-0.39, 0.29) is 5.91 Å². The van der Waals surface area contributed by atoms with Crippen LogP contribution in [0.3, 0.4) is 0 Å². The highest BCUT2D eigenvalue weighted by molar-refractivity contribution is 6.03. The molecule has 0 aromatic heterocycles. The Balaban J connectivity index is 1.87. The zero-order valence-electron chi connectivity index (χ0n) is 19.6. The Kier molecular flexibility index (Phi) is 8.18. The molecular formula is C27H28N2O5. The molecule has 0 heterocycles. The SMILES string of the molecule is COc1ccc(NC(=O)/C=C/c2cccc(N)c2)c(/C=C/c2cc(OC)c(OC)c(OC)c2)c1. The molecule has 1 amide bonds. The van der Waals surface area contributed by atoms with E-state index in [0.717, 1.165) is 16.7 Å². The van der Waals surface area contributed by atoms with Crippen LogP contribution < -0.4 is 30.0 Å². The minimum absolute atomic E-state index is 0.268. The van der Waals surface area contributed by atoms with E-state index in [1.807, 2.05) is 42.5 Å². The summed E-state index contributed by atoms with van der Waals surface area (Å²) in [5.74, 6) is 2.01. The highest BCUT2D eigenvalue weighted by Crippen LogP contribution is 2.38. The van der Waals surface area contributed by atoms with Crippen molar-refractivity contribution < 1.29 is 23.7 Å². The number of rotatable bonds is 9. The van der Waals surface area contributed by atoms with Crippen LogP contribution in [0.2, 0.25) is 0 Å². The maximum atomic E-state index is 12.6. The van der Waals surface area contributed by atoms with Crippen molar-refractivity contribution in [3.05, 3.63) is 77.4 Å². The first kappa shape index (κ1) is 24.3. The Labute approximate surface area is 199 Å². The van der Waals surface area contributed by atoms with Crippen molar-refractivity contribution in [2.24, 2.45) is 0 Å². The zero-order chi connectivity index (χ0) is 24.5. The van der Waals surface area contributed by atoms with E-state index >= 15 is 0 Å². The van der Waals surface area contributed by atoms with Crippen LogP contribution in [-0.4, -0.2) is 34.3 Å². The number of amides is 1. The first-order chi connectivity index (χ1) is 16.5. The number of carbonyl (C=O) groups is 1. The molecule has 0 radical (unpaired) electrons. The van der Waals surface area contributed by atoms with E-state index in [1.165, 1.54) is 6.08 Å². The van der Waals surface area contributed by atoms with Crippen LogP contribution >= 0.6 is 0 Å². The number of carbonyl (C=O) groups excluding carboxylic acids is 1. The van der Waals surface area contributed by atoms with Crippen molar-refractivity contribution in [1.82, 2.24) is 0 Å². The summed E-state index contributed by atoms with van der Waals surface area (Å²) in [5.41, 5.74) is 9.49. The van der Waals surface area contributed by atoms with Gasteiger partial charge >= 0.3 is 0 Å². The van der Waals surface area contributed by atoms with E-state index < -0.39 is 0 Å². The lowest BCUT2D eigenvalue weighted by atomic mass is 10.1. The fraction of sp³-hybridized carbons (Fsp3) is 0.148. The van der Waals surface area contributed by atoms with Crippen LogP contribution in [0.4, 0.5) is 11.4 Å². The molecular weight excluding hydrogens is 432 g/mol. The monoisotopic (exact) mass is 460 g/mol. The average molecular weight is 461 g/mol. The molecule has 0 spiro atoms. The van der Waals surface area contributed by atoms with Crippen molar-refractivity contribution >= 4 is 35.5 Å². The van der Waals surface area contributed by atoms with Gasteiger partial charge in [0.15, 0.2) is 11.5 Å². The highest BCUT2D eigenvalue weighted by atomic mass is 16.5. The normalized spacial score (nSPS) is 10.9. The topological polar surface area (TPSA) is 92.0 Å². The number of nitrogens with two attached hydrogens (primary N) is 1. The molecule has 0 saturated carbocycles. The fourth-order valence-corrected chi connectivity index (χ4v) is 3.31. The van der Waals surface area contributed by atoms with E-state index in [1.54, 1.807) is 58.8 Å². The Bertz CT molecular complexity index is 1190. The van der Waals surface area contributed by atoms with Gasteiger partial charge in [-0.05, 0) is 59.7 Å². The third-order valence-corrected chi connectivity index (χ3v) is 5.00. The summed E-state index contributed by atoms with van der Waals surface area (Å²) >= 11 is 0. The average Bonchev–Trinajstić information content (AvgIpc) is 2.86. The van der Waals surface area contributed by atoms with Gasteiger partial charge in [-0.15, -0.1) is 0 Å². The molecule has 0 aliphatic rings. The maximum Gasteiger partial charge on any atom is 0.248 e. The van der Waals surface area contributed by atoms with Gasteiger partial charge in [0.1, 0.15) is 5.75 Å². The van der Waals surface area contributed by atoms with Crippen molar-refractivity contribution in [1.29, 1.82) is 0 Å². The Morgan fingerprint density at radius 3 is 2.15 bits per heavy atom. The third-order valence-electron chi connectivity index (χ3n) is 5.00. The molecule has 0 bridgehead atoms. The molecule has 3 aromatic carbocycles. The van der Waals surface area contributed by atoms with Crippen LogP contribution in [0.25, 0.3) is 18.2 Å². The molecule has 0 aliphatic carbocycles. The molecule has 0 fully saturated rings. The van der Waals surface area contributed by atoms with Gasteiger partial charge in [-0.25, -0.2) is 0 Å². The van der Waals surface area contributed by atoms with E-state index in [0.29, 0.717) is 34.4 Å². The van der Waals surface area contributed by atoms with Crippen molar-refractivity contribution in [2.45, 2.75) is 0 Å². The molecule has 7 heteroatoms. The lowest BCUT2D eigenvalue weighted by Gasteiger charge is -2.13. The number of nitrogens with one attached hydrogen (secondary N) is 1. The fourth-order valence-electron chi connectivity index (χ4n) is 3.31. The molecule has 0 unspecified atom stereocenters. The third kappa shape index (κ3) is 6.10. The number of nitrogen functional groups attached to an aromatic ring is 1. The van der Waals surface area contributed by atoms with E-state index in [9.17, 15) is 4.79 Å². The lowest BCUT2D eigenvalue weighted by molar-refractivity contribution is -0.111. The molecule has 176 valence electrons. The van der Waals surface area contributed by atoms with Crippen molar-refractivity contribution in [3.8, 4) is 23.0 Å². The second-order valence-corrected chi connectivity index (χ2v) is 7.24. The van der Waals surface area contributed by atoms with Gasteiger partial charge in [0.25, 0.3) is 0 Å². The summed E-state index contributed by atoms with van der Waals surface area (Å²) in [5, 5.41) is 2.91. The molecule has 3 N–H and O–H groups in total. The first-order valence-corrected chi connectivity index (χ1v) is 10.5. The Morgan fingerprint density at radius 1 is 0.794 bits per heavy atom. The molecule has 0 aliphatic heterocycles. The number of ether oxygens (including phenoxy) is 4. The van der Waals surface area contributed by atoms with Gasteiger partial charge in [0, 0.05) is 23.0 Å². The van der Waals surface area contributed by atoms with E-state index in [2.05, 4.69) is 5.32 Å². The summed E-state index contributed by atoms with van der Waals surface area (Å²) in [6.07, 6.45) is 6.93. The number of hydrogen-bond donors (Lipinski definition) is 2. The number of benzene rings is 3. The minimum Gasteiger partial charge on any atom is -0.497 e. The number of anilines is 2. The van der Waals surface area contributed by atoms with Crippen LogP contribution in [0.15, 0.2) is 60.7 Å². The quantitative estimate of drug-likeness (QED) is 0.261. The maximum absolute atomic E-state index is 12.6. The second kappa shape index (κ2) is 11.5. The van der Waals surface area contributed by atoms with E-state index in [4.69, 9.17) is 24.7 Å². The van der Waals surface area contributed by atoms with Gasteiger partial charge in [0.05, 0.1) is 28.4 Å². The molecule has 3 aromatic rings. The molecule has 34 heavy (non-hydrogen) atoms. The first-order valence-electron chi connectivity index (χ1n) is 10.5. The summed E-state index contributed by atoms with van der Waals surface area (Å²) in [6, 6.07) is 16.4. The minimum atomic E-state index is -0.268. The van der Waals surface area contributed by atoms with Crippen molar-refractivity contribution in [3.63, 3.8) is 0 Å².